The number of hydrogen-bond donors (Lipinski definition) is 0. The first-order chi connectivity index (χ1) is 12.3. The smallest absolute Gasteiger partial charge is 0.00168 e. The quantitative estimate of drug-likeness (QED) is 0.490. The molecule has 0 spiro atoms. The van der Waals surface area contributed by atoms with E-state index in [4.69, 9.17) is 0 Å². The van der Waals surface area contributed by atoms with Gasteiger partial charge in [-0.05, 0) is 93.9 Å². The lowest BCUT2D eigenvalue weighted by atomic mass is 9.68. The molecule has 136 valence electrons. The van der Waals surface area contributed by atoms with Crippen molar-refractivity contribution in [2.24, 2.45) is 17.3 Å². The first kappa shape index (κ1) is 16.6. The topological polar surface area (TPSA) is 0 Å². The van der Waals surface area contributed by atoms with Crippen LogP contribution in [0.25, 0.3) is 0 Å². The minimum Gasteiger partial charge on any atom is -0.0630 e. The molecule has 0 N–H and O–H groups in total. The molecule has 0 aromatic carbocycles. The zero-order valence-electron chi connectivity index (χ0n) is 17.3. The van der Waals surface area contributed by atoms with E-state index in [1.165, 1.54) is 32.1 Å². The standard InChI is InChI=1S/C26H32/c1-14(2)16-7-18-11-22-23-12-19-8-17(15(3)4)10-21(19)25(23)26(5,6)13-24(22)20(18)9-16/h7-8,14-15H,9-13H2,1-6H3. The third kappa shape index (κ3) is 2.14. The van der Waals surface area contributed by atoms with Gasteiger partial charge in [0.25, 0.3) is 0 Å². The molecule has 0 saturated carbocycles. The van der Waals surface area contributed by atoms with Gasteiger partial charge in [0.15, 0.2) is 0 Å². The summed E-state index contributed by atoms with van der Waals surface area (Å²) >= 11 is 0. The Balaban J connectivity index is 1.51. The highest BCUT2D eigenvalue weighted by atomic mass is 14.5. The van der Waals surface area contributed by atoms with Gasteiger partial charge >= 0.3 is 0 Å². The molecule has 0 heterocycles. The Kier molecular flexibility index (Phi) is 3.35. The normalized spacial score (nSPS) is 26.2. The molecule has 0 unspecified atom stereocenters. The van der Waals surface area contributed by atoms with Crippen LogP contribution in [0.2, 0.25) is 0 Å². The van der Waals surface area contributed by atoms with E-state index < -0.39 is 0 Å². The Labute approximate surface area is 159 Å². The molecule has 0 radical (unpaired) electrons. The van der Waals surface area contributed by atoms with Gasteiger partial charge in [-0.3, -0.25) is 0 Å². The molecule has 5 aliphatic carbocycles. The Morgan fingerprint density at radius 3 is 1.81 bits per heavy atom. The number of fused-ring (bicyclic) bond motifs is 3. The Bertz CT molecular complexity index is 913. The van der Waals surface area contributed by atoms with Crippen LogP contribution in [-0.2, 0) is 0 Å². The van der Waals surface area contributed by atoms with Crippen molar-refractivity contribution in [3.63, 3.8) is 0 Å². The molecule has 5 aliphatic rings. The summed E-state index contributed by atoms with van der Waals surface area (Å²) in [6.45, 7) is 14.4. The van der Waals surface area contributed by atoms with Crippen molar-refractivity contribution in [3.8, 4) is 0 Å². The van der Waals surface area contributed by atoms with Gasteiger partial charge in [-0.15, -0.1) is 0 Å². The molecule has 0 amide bonds. The summed E-state index contributed by atoms with van der Waals surface area (Å²) in [6, 6.07) is 0. The fourth-order valence-electron chi connectivity index (χ4n) is 6.01. The van der Waals surface area contributed by atoms with E-state index in [0.717, 1.165) is 0 Å². The Hall–Kier alpha value is -1.56. The average molecular weight is 345 g/mol. The lowest BCUT2D eigenvalue weighted by molar-refractivity contribution is 0.436. The average Bonchev–Trinajstić information content (AvgIpc) is 3.23. The molecule has 0 bridgehead atoms. The van der Waals surface area contributed by atoms with E-state index in [2.05, 4.69) is 53.7 Å². The zero-order chi connectivity index (χ0) is 18.4. The fraction of sp³-hybridized carbons (Fsp3) is 0.538. The van der Waals surface area contributed by atoms with Crippen molar-refractivity contribution in [2.45, 2.75) is 73.6 Å². The van der Waals surface area contributed by atoms with Crippen LogP contribution in [0.4, 0.5) is 0 Å². The van der Waals surface area contributed by atoms with Gasteiger partial charge in [0.2, 0.25) is 0 Å². The highest BCUT2D eigenvalue weighted by Crippen LogP contribution is 2.61. The number of allylic oxidation sites excluding steroid dienone is 12. The molecule has 0 aromatic rings. The summed E-state index contributed by atoms with van der Waals surface area (Å²) in [4.78, 5) is 0. The number of hydrogen-bond acceptors (Lipinski definition) is 0. The SMILES string of the molecule is CC(C)C1=CC2=C(C1)C1=C(C2)C2=C(C3=C(C=C(C(C)C)C3)C2)C(C)(C)C1. The highest BCUT2D eigenvalue weighted by Gasteiger charge is 2.44. The maximum atomic E-state index is 2.54. The predicted molar refractivity (Wildman–Crippen MR) is 111 cm³/mol. The molecule has 0 aromatic heterocycles. The summed E-state index contributed by atoms with van der Waals surface area (Å²) in [5, 5.41) is 0. The van der Waals surface area contributed by atoms with E-state index in [9.17, 15) is 0 Å². The molecular formula is C26H32. The van der Waals surface area contributed by atoms with E-state index in [-0.39, 0.29) is 5.41 Å². The lowest BCUT2D eigenvalue weighted by Gasteiger charge is -2.36. The summed E-state index contributed by atoms with van der Waals surface area (Å²) in [5.41, 5.74) is 17.2. The van der Waals surface area contributed by atoms with Crippen molar-refractivity contribution in [1.82, 2.24) is 0 Å². The molecule has 5 rings (SSSR count). The highest BCUT2D eigenvalue weighted by molar-refractivity contribution is 5.72. The first-order valence-electron chi connectivity index (χ1n) is 10.6. The Morgan fingerprint density at radius 2 is 1.19 bits per heavy atom. The predicted octanol–water partition coefficient (Wildman–Crippen LogP) is 7.38. The molecule has 0 saturated heterocycles. The maximum absolute atomic E-state index is 2.54. The third-order valence-electron chi connectivity index (χ3n) is 7.47. The molecule has 0 atom stereocenters. The first-order valence-corrected chi connectivity index (χ1v) is 10.6. The van der Waals surface area contributed by atoms with Gasteiger partial charge in [0.05, 0.1) is 0 Å². The maximum Gasteiger partial charge on any atom is -0.00168 e. The summed E-state index contributed by atoms with van der Waals surface area (Å²) in [7, 11) is 0. The molecular weight excluding hydrogens is 312 g/mol. The van der Waals surface area contributed by atoms with Crippen LogP contribution in [0.1, 0.15) is 73.6 Å². The van der Waals surface area contributed by atoms with Crippen molar-refractivity contribution in [3.05, 3.63) is 67.9 Å². The molecule has 0 heteroatoms. The fourth-order valence-corrected chi connectivity index (χ4v) is 6.01. The van der Waals surface area contributed by atoms with Crippen LogP contribution in [0.3, 0.4) is 0 Å². The van der Waals surface area contributed by atoms with Gasteiger partial charge in [0, 0.05) is 0 Å². The van der Waals surface area contributed by atoms with Gasteiger partial charge < -0.3 is 0 Å². The molecule has 0 fully saturated rings. The van der Waals surface area contributed by atoms with Crippen LogP contribution >= 0.6 is 0 Å². The van der Waals surface area contributed by atoms with E-state index in [1.54, 1.807) is 55.7 Å². The number of rotatable bonds is 2. The second-order valence-corrected chi connectivity index (χ2v) is 10.3. The van der Waals surface area contributed by atoms with E-state index in [0.29, 0.717) is 11.8 Å². The minimum atomic E-state index is 0.286. The monoisotopic (exact) mass is 344 g/mol. The third-order valence-corrected chi connectivity index (χ3v) is 7.47. The van der Waals surface area contributed by atoms with Gasteiger partial charge in [-0.1, -0.05) is 64.8 Å². The summed E-state index contributed by atoms with van der Waals surface area (Å²) < 4.78 is 0. The van der Waals surface area contributed by atoms with Gasteiger partial charge in [-0.25, -0.2) is 0 Å². The lowest BCUT2D eigenvalue weighted by Crippen LogP contribution is -2.23. The molecule has 26 heavy (non-hydrogen) atoms. The molecule has 0 aliphatic heterocycles. The van der Waals surface area contributed by atoms with Crippen LogP contribution in [0.15, 0.2) is 67.9 Å². The summed E-state index contributed by atoms with van der Waals surface area (Å²) in [5.74, 6) is 1.37. The van der Waals surface area contributed by atoms with Crippen molar-refractivity contribution >= 4 is 0 Å². The largest absolute Gasteiger partial charge is 0.0630 e. The van der Waals surface area contributed by atoms with E-state index >= 15 is 0 Å². The van der Waals surface area contributed by atoms with Crippen LogP contribution < -0.4 is 0 Å². The van der Waals surface area contributed by atoms with Crippen molar-refractivity contribution < 1.29 is 0 Å². The zero-order valence-corrected chi connectivity index (χ0v) is 17.3. The Morgan fingerprint density at radius 1 is 0.654 bits per heavy atom. The van der Waals surface area contributed by atoms with Gasteiger partial charge in [-0.2, -0.15) is 0 Å². The summed E-state index contributed by atoms with van der Waals surface area (Å²) in [6.07, 6.45) is 11.2. The van der Waals surface area contributed by atoms with Crippen molar-refractivity contribution in [2.75, 3.05) is 0 Å². The minimum absolute atomic E-state index is 0.286. The van der Waals surface area contributed by atoms with Crippen LogP contribution in [0.5, 0.6) is 0 Å². The van der Waals surface area contributed by atoms with Gasteiger partial charge in [0.1, 0.15) is 0 Å². The molecule has 0 nitrogen and oxygen atoms in total. The van der Waals surface area contributed by atoms with Crippen molar-refractivity contribution in [1.29, 1.82) is 0 Å². The van der Waals surface area contributed by atoms with Crippen LogP contribution in [0, 0.1) is 17.3 Å². The second-order valence-electron chi connectivity index (χ2n) is 10.3. The second kappa shape index (κ2) is 5.24. The van der Waals surface area contributed by atoms with E-state index in [1.807, 2.05) is 0 Å². The van der Waals surface area contributed by atoms with Crippen LogP contribution in [-0.4, -0.2) is 0 Å².